The van der Waals surface area contributed by atoms with Gasteiger partial charge in [-0.1, -0.05) is 0 Å². The van der Waals surface area contributed by atoms with Crippen LogP contribution in [0.3, 0.4) is 0 Å². The van der Waals surface area contributed by atoms with Crippen LogP contribution in [-0.2, 0) is 9.53 Å². The first-order chi connectivity index (χ1) is 9.15. The number of ether oxygens (including phenoxy) is 1. The largest absolute Gasteiger partial charge is 0.480 e. The number of urea groups is 1. The van der Waals surface area contributed by atoms with Crippen molar-refractivity contribution in [2.24, 2.45) is 0 Å². The molecule has 19 heavy (non-hydrogen) atoms. The summed E-state index contributed by atoms with van der Waals surface area (Å²) in [5, 5.41) is 11.6. The van der Waals surface area contributed by atoms with Gasteiger partial charge >= 0.3 is 12.0 Å². The molecule has 0 aromatic carbocycles. The van der Waals surface area contributed by atoms with Gasteiger partial charge in [-0.25, -0.2) is 4.79 Å². The molecule has 2 saturated heterocycles. The standard InChI is InChI=1S/C12H21N3O4/c16-11(17)9-14-3-5-15(6-4-14)12(18)13-8-10-2-1-7-19-10/h10H,1-9H2,(H,13,18)(H,16,17). The molecule has 2 rings (SSSR count). The molecule has 0 saturated carbocycles. The molecule has 2 aliphatic rings. The van der Waals surface area contributed by atoms with Crippen LogP contribution in [0.5, 0.6) is 0 Å². The summed E-state index contributed by atoms with van der Waals surface area (Å²) in [5.74, 6) is -0.823. The lowest BCUT2D eigenvalue weighted by molar-refractivity contribution is -0.138. The van der Waals surface area contributed by atoms with E-state index in [4.69, 9.17) is 9.84 Å². The van der Waals surface area contributed by atoms with E-state index in [-0.39, 0.29) is 18.7 Å². The topological polar surface area (TPSA) is 82.1 Å². The SMILES string of the molecule is O=C(O)CN1CCN(C(=O)NCC2CCCO2)CC1. The Bertz CT molecular complexity index is 323. The number of carboxylic acid groups (broad SMARTS) is 1. The van der Waals surface area contributed by atoms with Crippen molar-refractivity contribution in [3.05, 3.63) is 0 Å². The molecule has 0 aromatic rings. The number of nitrogens with one attached hydrogen (secondary N) is 1. The molecule has 0 radical (unpaired) electrons. The van der Waals surface area contributed by atoms with E-state index in [0.717, 1.165) is 19.4 Å². The molecule has 1 unspecified atom stereocenters. The third-order valence-corrected chi connectivity index (χ3v) is 3.52. The summed E-state index contributed by atoms with van der Waals surface area (Å²) in [6.45, 7) is 3.77. The lowest BCUT2D eigenvalue weighted by Gasteiger charge is -2.33. The molecular formula is C12H21N3O4. The maximum absolute atomic E-state index is 11.9. The zero-order valence-corrected chi connectivity index (χ0v) is 11.0. The van der Waals surface area contributed by atoms with E-state index >= 15 is 0 Å². The first kappa shape index (κ1) is 14.1. The van der Waals surface area contributed by atoms with Crippen molar-refractivity contribution in [2.75, 3.05) is 45.9 Å². The highest BCUT2D eigenvalue weighted by atomic mass is 16.5. The van der Waals surface area contributed by atoms with Gasteiger partial charge in [0.2, 0.25) is 0 Å². The van der Waals surface area contributed by atoms with Crippen LogP contribution in [0.15, 0.2) is 0 Å². The molecule has 2 fully saturated rings. The summed E-state index contributed by atoms with van der Waals surface area (Å²) in [4.78, 5) is 26.1. The molecule has 2 amide bonds. The Morgan fingerprint density at radius 1 is 1.26 bits per heavy atom. The fraction of sp³-hybridized carbons (Fsp3) is 0.833. The van der Waals surface area contributed by atoms with E-state index in [1.165, 1.54) is 0 Å². The monoisotopic (exact) mass is 271 g/mol. The number of nitrogens with zero attached hydrogens (tertiary/aromatic N) is 2. The minimum absolute atomic E-state index is 0.0470. The van der Waals surface area contributed by atoms with Crippen LogP contribution in [0.4, 0.5) is 4.79 Å². The highest BCUT2D eigenvalue weighted by Gasteiger charge is 2.23. The Balaban J connectivity index is 1.65. The van der Waals surface area contributed by atoms with Gasteiger partial charge in [0.15, 0.2) is 0 Å². The second-order valence-corrected chi connectivity index (χ2v) is 4.98. The average molecular weight is 271 g/mol. The van der Waals surface area contributed by atoms with Crippen molar-refractivity contribution in [1.82, 2.24) is 15.1 Å². The number of carboxylic acids is 1. The molecular weight excluding hydrogens is 250 g/mol. The summed E-state index contributed by atoms with van der Waals surface area (Å²) >= 11 is 0. The Hall–Kier alpha value is -1.34. The quantitative estimate of drug-likeness (QED) is 0.725. The molecule has 1 atom stereocenters. The molecule has 7 heteroatoms. The van der Waals surface area contributed by atoms with E-state index in [0.29, 0.717) is 32.7 Å². The number of amides is 2. The number of carbonyl (C=O) groups is 2. The molecule has 7 nitrogen and oxygen atoms in total. The average Bonchev–Trinajstić information content (AvgIpc) is 2.89. The van der Waals surface area contributed by atoms with E-state index in [9.17, 15) is 9.59 Å². The normalized spacial score (nSPS) is 24.4. The highest BCUT2D eigenvalue weighted by molar-refractivity contribution is 5.74. The van der Waals surface area contributed by atoms with Crippen LogP contribution in [0.2, 0.25) is 0 Å². The maximum atomic E-state index is 11.9. The summed E-state index contributed by atoms with van der Waals surface area (Å²) in [5.41, 5.74) is 0. The summed E-state index contributed by atoms with van der Waals surface area (Å²) < 4.78 is 5.44. The molecule has 108 valence electrons. The van der Waals surface area contributed by atoms with Gasteiger partial charge in [-0.2, -0.15) is 0 Å². The van der Waals surface area contributed by atoms with E-state index in [2.05, 4.69) is 5.32 Å². The third kappa shape index (κ3) is 4.36. The van der Waals surface area contributed by atoms with Crippen molar-refractivity contribution < 1.29 is 19.4 Å². The molecule has 0 spiro atoms. The van der Waals surface area contributed by atoms with Gasteiger partial charge in [-0.15, -0.1) is 0 Å². The van der Waals surface area contributed by atoms with Crippen LogP contribution in [-0.4, -0.2) is 78.9 Å². The Labute approximate surface area is 112 Å². The summed E-state index contributed by atoms with van der Waals surface area (Å²) in [6, 6.07) is -0.0783. The molecule has 2 N–H and O–H groups in total. The number of hydrogen-bond donors (Lipinski definition) is 2. The molecule has 0 bridgehead atoms. The number of hydrogen-bond acceptors (Lipinski definition) is 4. The minimum Gasteiger partial charge on any atom is -0.480 e. The lowest BCUT2D eigenvalue weighted by atomic mass is 10.2. The van der Waals surface area contributed by atoms with Gasteiger partial charge in [-0.05, 0) is 12.8 Å². The smallest absolute Gasteiger partial charge is 0.317 e. The second-order valence-electron chi connectivity index (χ2n) is 4.98. The minimum atomic E-state index is -0.823. The summed E-state index contributed by atoms with van der Waals surface area (Å²) in [7, 11) is 0. The van der Waals surface area contributed by atoms with Gasteiger partial charge in [0, 0.05) is 39.3 Å². The maximum Gasteiger partial charge on any atom is 0.317 e. The van der Waals surface area contributed by atoms with Crippen LogP contribution < -0.4 is 5.32 Å². The molecule has 2 heterocycles. The van der Waals surface area contributed by atoms with Crippen molar-refractivity contribution in [1.29, 1.82) is 0 Å². The fourth-order valence-electron chi connectivity index (χ4n) is 2.42. The van der Waals surface area contributed by atoms with Crippen LogP contribution >= 0.6 is 0 Å². The van der Waals surface area contributed by atoms with E-state index < -0.39 is 5.97 Å². The third-order valence-electron chi connectivity index (χ3n) is 3.52. The summed E-state index contributed by atoms with van der Waals surface area (Å²) in [6.07, 6.45) is 2.22. The highest BCUT2D eigenvalue weighted by Crippen LogP contribution is 2.10. The Morgan fingerprint density at radius 2 is 2.00 bits per heavy atom. The number of piperazine rings is 1. The molecule has 0 aliphatic carbocycles. The molecule has 0 aromatic heterocycles. The van der Waals surface area contributed by atoms with E-state index in [1.807, 2.05) is 4.90 Å². The van der Waals surface area contributed by atoms with Crippen molar-refractivity contribution in [2.45, 2.75) is 18.9 Å². The predicted octanol–water partition coefficient (Wildman–Crippen LogP) is -0.423. The van der Waals surface area contributed by atoms with Crippen LogP contribution in [0.1, 0.15) is 12.8 Å². The Morgan fingerprint density at radius 3 is 2.58 bits per heavy atom. The predicted molar refractivity (Wildman–Crippen MR) is 68.0 cm³/mol. The number of rotatable bonds is 4. The van der Waals surface area contributed by atoms with Crippen LogP contribution in [0, 0.1) is 0 Å². The number of aliphatic carboxylic acids is 1. The zero-order chi connectivity index (χ0) is 13.7. The second kappa shape index (κ2) is 6.72. The van der Waals surface area contributed by atoms with Gasteiger partial charge in [-0.3, -0.25) is 9.69 Å². The van der Waals surface area contributed by atoms with Crippen molar-refractivity contribution >= 4 is 12.0 Å². The molecule has 2 aliphatic heterocycles. The first-order valence-electron chi connectivity index (χ1n) is 6.73. The van der Waals surface area contributed by atoms with Crippen LogP contribution in [0.25, 0.3) is 0 Å². The lowest BCUT2D eigenvalue weighted by Crippen LogP contribution is -2.53. The Kier molecular flexibility index (Phi) is 4.98. The zero-order valence-electron chi connectivity index (χ0n) is 11.0. The van der Waals surface area contributed by atoms with Crippen molar-refractivity contribution in [3.63, 3.8) is 0 Å². The van der Waals surface area contributed by atoms with Gasteiger partial charge in [0.05, 0.1) is 12.6 Å². The van der Waals surface area contributed by atoms with Gasteiger partial charge in [0.1, 0.15) is 0 Å². The number of carbonyl (C=O) groups excluding carboxylic acids is 1. The fourth-order valence-corrected chi connectivity index (χ4v) is 2.42. The van der Waals surface area contributed by atoms with Gasteiger partial charge < -0.3 is 20.1 Å². The van der Waals surface area contributed by atoms with E-state index in [1.54, 1.807) is 4.90 Å². The first-order valence-corrected chi connectivity index (χ1v) is 6.73. The van der Waals surface area contributed by atoms with Gasteiger partial charge in [0.25, 0.3) is 0 Å². The van der Waals surface area contributed by atoms with Crippen molar-refractivity contribution in [3.8, 4) is 0 Å².